The van der Waals surface area contributed by atoms with Crippen molar-refractivity contribution in [2.75, 3.05) is 25.5 Å². The molecule has 0 saturated heterocycles. The Bertz CT molecular complexity index is 420. The molecule has 0 bridgehead atoms. The third-order valence-electron chi connectivity index (χ3n) is 2.39. The fourth-order valence-electron chi connectivity index (χ4n) is 1.18. The minimum atomic E-state index is -4.48. The summed E-state index contributed by atoms with van der Waals surface area (Å²) in [7, 11) is 1.62. The number of carbonyl (C=O) groups excluding carboxylic acids is 1. The molecule has 0 spiro atoms. The lowest BCUT2D eigenvalue weighted by atomic mass is 10.3. The zero-order valence-corrected chi connectivity index (χ0v) is 10.1. The van der Waals surface area contributed by atoms with Gasteiger partial charge in [0, 0.05) is 25.5 Å². The van der Waals surface area contributed by atoms with Gasteiger partial charge in [-0.1, -0.05) is 0 Å². The monoisotopic (exact) mass is 261 g/mol. The Morgan fingerprint density at radius 1 is 1.50 bits per heavy atom. The number of halogens is 3. The summed E-state index contributed by atoms with van der Waals surface area (Å²) in [5, 5.41) is 2.64. The number of alkyl halides is 3. The van der Waals surface area contributed by atoms with Crippen LogP contribution in [-0.2, 0) is 11.0 Å². The second-order valence-electron chi connectivity index (χ2n) is 3.69. The van der Waals surface area contributed by atoms with E-state index in [2.05, 4.69) is 10.3 Å². The number of rotatable bonds is 4. The van der Waals surface area contributed by atoms with Crippen molar-refractivity contribution in [3.05, 3.63) is 24.0 Å². The SMILES string of the molecule is CCN(C)C(=O)CNc1ccnc(C(F)(F)F)c1. The van der Waals surface area contributed by atoms with Gasteiger partial charge in [-0.25, -0.2) is 0 Å². The molecule has 0 aliphatic rings. The lowest BCUT2D eigenvalue weighted by Gasteiger charge is -2.15. The number of amides is 1. The predicted molar refractivity (Wildman–Crippen MR) is 61.0 cm³/mol. The van der Waals surface area contributed by atoms with E-state index >= 15 is 0 Å². The number of hydrogen-bond acceptors (Lipinski definition) is 3. The summed E-state index contributed by atoms with van der Waals surface area (Å²) in [5.41, 5.74) is -0.765. The molecular formula is C11H14F3N3O. The van der Waals surface area contributed by atoms with Crippen LogP contribution in [0.1, 0.15) is 12.6 Å². The van der Waals surface area contributed by atoms with Gasteiger partial charge in [-0.15, -0.1) is 0 Å². The van der Waals surface area contributed by atoms with Crippen LogP contribution in [0.15, 0.2) is 18.3 Å². The van der Waals surface area contributed by atoms with Gasteiger partial charge >= 0.3 is 6.18 Å². The minimum Gasteiger partial charge on any atom is -0.376 e. The van der Waals surface area contributed by atoms with Crippen molar-refractivity contribution in [1.29, 1.82) is 0 Å². The number of pyridine rings is 1. The highest BCUT2D eigenvalue weighted by atomic mass is 19.4. The molecule has 1 N–H and O–H groups in total. The molecule has 7 heteroatoms. The molecular weight excluding hydrogens is 247 g/mol. The highest BCUT2D eigenvalue weighted by molar-refractivity contribution is 5.80. The maximum Gasteiger partial charge on any atom is 0.433 e. The minimum absolute atomic E-state index is 0.0499. The Hall–Kier alpha value is -1.79. The molecule has 1 aromatic rings. The van der Waals surface area contributed by atoms with Crippen LogP contribution >= 0.6 is 0 Å². The third kappa shape index (κ3) is 3.90. The summed E-state index contributed by atoms with van der Waals surface area (Å²) < 4.78 is 37.2. The molecule has 1 aromatic heterocycles. The molecule has 0 aliphatic heterocycles. The van der Waals surface area contributed by atoms with Crippen LogP contribution in [0.4, 0.5) is 18.9 Å². The zero-order valence-electron chi connectivity index (χ0n) is 10.1. The Labute approximate surface area is 103 Å². The van der Waals surface area contributed by atoms with Crippen molar-refractivity contribution in [3.8, 4) is 0 Å². The number of carbonyl (C=O) groups is 1. The molecule has 1 amide bonds. The molecule has 0 fully saturated rings. The summed E-state index contributed by atoms with van der Waals surface area (Å²) >= 11 is 0. The summed E-state index contributed by atoms with van der Waals surface area (Å²) in [4.78, 5) is 16.2. The first-order valence-electron chi connectivity index (χ1n) is 5.35. The van der Waals surface area contributed by atoms with Crippen molar-refractivity contribution in [2.45, 2.75) is 13.1 Å². The van der Waals surface area contributed by atoms with E-state index in [4.69, 9.17) is 0 Å². The fourth-order valence-corrected chi connectivity index (χ4v) is 1.18. The normalized spacial score (nSPS) is 11.2. The largest absolute Gasteiger partial charge is 0.433 e. The summed E-state index contributed by atoms with van der Waals surface area (Å²) in [6.07, 6.45) is -3.43. The average molecular weight is 261 g/mol. The second-order valence-corrected chi connectivity index (χ2v) is 3.69. The zero-order chi connectivity index (χ0) is 13.8. The first-order chi connectivity index (χ1) is 8.34. The van der Waals surface area contributed by atoms with E-state index in [-0.39, 0.29) is 18.1 Å². The van der Waals surface area contributed by atoms with Crippen molar-refractivity contribution in [2.24, 2.45) is 0 Å². The van der Waals surface area contributed by atoms with E-state index < -0.39 is 11.9 Å². The Kier molecular flexibility index (Phi) is 4.52. The molecule has 1 heterocycles. The van der Waals surface area contributed by atoms with E-state index in [0.29, 0.717) is 6.54 Å². The van der Waals surface area contributed by atoms with E-state index in [1.807, 2.05) is 6.92 Å². The molecule has 0 aromatic carbocycles. The summed E-state index contributed by atoms with van der Waals surface area (Å²) in [6.45, 7) is 2.31. The molecule has 0 saturated carbocycles. The van der Waals surface area contributed by atoms with Gasteiger partial charge in [-0.05, 0) is 19.1 Å². The number of aromatic nitrogens is 1. The van der Waals surface area contributed by atoms with Gasteiger partial charge in [0.15, 0.2) is 0 Å². The van der Waals surface area contributed by atoms with Gasteiger partial charge in [-0.2, -0.15) is 13.2 Å². The third-order valence-corrected chi connectivity index (χ3v) is 2.39. The molecule has 18 heavy (non-hydrogen) atoms. The van der Waals surface area contributed by atoms with Crippen LogP contribution < -0.4 is 5.32 Å². The summed E-state index contributed by atoms with van der Waals surface area (Å²) in [6, 6.07) is 2.26. The Morgan fingerprint density at radius 2 is 2.17 bits per heavy atom. The number of hydrogen-bond donors (Lipinski definition) is 1. The average Bonchev–Trinajstić information content (AvgIpc) is 2.34. The topological polar surface area (TPSA) is 45.2 Å². The van der Waals surface area contributed by atoms with E-state index in [0.717, 1.165) is 12.3 Å². The molecule has 0 aliphatic carbocycles. The van der Waals surface area contributed by atoms with Crippen LogP contribution in [0, 0.1) is 0 Å². The molecule has 1 rings (SSSR count). The van der Waals surface area contributed by atoms with Gasteiger partial charge in [0.05, 0.1) is 6.54 Å². The Morgan fingerprint density at radius 3 is 2.72 bits per heavy atom. The number of nitrogens with zero attached hydrogens (tertiary/aromatic N) is 2. The van der Waals surface area contributed by atoms with E-state index in [1.54, 1.807) is 7.05 Å². The maximum absolute atomic E-state index is 12.4. The van der Waals surface area contributed by atoms with Crippen molar-refractivity contribution in [3.63, 3.8) is 0 Å². The number of likely N-dealkylation sites (N-methyl/N-ethyl adjacent to an activating group) is 1. The first-order valence-corrected chi connectivity index (χ1v) is 5.35. The van der Waals surface area contributed by atoms with Crippen LogP contribution in [-0.4, -0.2) is 35.9 Å². The van der Waals surface area contributed by atoms with Gasteiger partial charge in [0.2, 0.25) is 5.91 Å². The molecule has 0 radical (unpaired) electrons. The van der Waals surface area contributed by atoms with Gasteiger partial charge < -0.3 is 10.2 Å². The standard InChI is InChI=1S/C11H14F3N3O/c1-3-17(2)10(18)7-16-8-4-5-15-9(6-8)11(12,13)14/h4-6H,3,7H2,1-2H3,(H,15,16). The second kappa shape index (κ2) is 5.70. The number of anilines is 1. The molecule has 0 atom stereocenters. The maximum atomic E-state index is 12.4. The van der Waals surface area contributed by atoms with Gasteiger partial charge in [-0.3, -0.25) is 9.78 Å². The summed E-state index contributed by atoms with van der Waals surface area (Å²) in [5.74, 6) is -0.192. The number of nitrogens with one attached hydrogen (secondary N) is 1. The van der Waals surface area contributed by atoms with Crippen LogP contribution in [0.5, 0.6) is 0 Å². The molecule has 0 unspecified atom stereocenters. The highest BCUT2D eigenvalue weighted by Gasteiger charge is 2.32. The van der Waals surface area contributed by atoms with Gasteiger partial charge in [0.1, 0.15) is 5.69 Å². The highest BCUT2D eigenvalue weighted by Crippen LogP contribution is 2.28. The van der Waals surface area contributed by atoms with Crippen LogP contribution in [0.25, 0.3) is 0 Å². The fraction of sp³-hybridized carbons (Fsp3) is 0.455. The lowest BCUT2D eigenvalue weighted by molar-refractivity contribution is -0.141. The predicted octanol–water partition coefficient (Wildman–Crippen LogP) is 1.99. The van der Waals surface area contributed by atoms with E-state index in [9.17, 15) is 18.0 Å². The lowest BCUT2D eigenvalue weighted by Crippen LogP contribution is -2.31. The van der Waals surface area contributed by atoms with Crippen molar-refractivity contribution >= 4 is 11.6 Å². The smallest absolute Gasteiger partial charge is 0.376 e. The molecule has 100 valence electrons. The Balaban J connectivity index is 2.66. The first kappa shape index (κ1) is 14.3. The van der Waals surface area contributed by atoms with Gasteiger partial charge in [0.25, 0.3) is 0 Å². The van der Waals surface area contributed by atoms with Crippen molar-refractivity contribution < 1.29 is 18.0 Å². The van der Waals surface area contributed by atoms with Crippen molar-refractivity contribution in [1.82, 2.24) is 9.88 Å². The van der Waals surface area contributed by atoms with E-state index in [1.165, 1.54) is 11.0 Å². The quantitative estimate of drug-likeness (QED) is 0.901. The molecule has 4 nitrogen and oxygen atoms in total. The van der Waals surface area contributed by atoms with Crippen LogP contribution in [0.3, 0.4) is 0 Å². The van der Waals surface area contributed by atoms with Crippen LogP contribution in [0.2, 0.25) is 0 Å².